The van der Waals surface area contributed by atoms with Gasteiger partial charge in [0.2, 0.25) is 0 Å². The van der Waals surface area contributed by atoms with Gasteiger partial charge in [-0.05, 0) is 0 Å². The van der Waals surface area contributed by atoms with Gasteiger partial charge in [0.25, 0.3) is 10.1 Å². The number of rotatable bonds is 10. The first-order valence-corrected chi connectivity index (χ1v) is 18.8. The molecule has 0 unspecified atom stereocenters. The van der Waals surface area contributed by atoms with Crippen LogP contribution in [-0.2, 0) is 65.9 Å². The second kappa shape index (κ2) is 61.5. The third-order valence-corrected chi connectivity index (χ3v) is 5.59. The second-order valence-corrected chi connectivity index (χ2v) is 14.0. The zero-order valence-electron chi connectivity index (χ0n) is 31.0. The van der Waals surface area contributed by atoms with Crippen molar-refractivity contribution in [2.45, 2.75) is 0 Å². The minimum Gasteiger partial charge on any atom is -1.00 e. The van der Waals surface area contributed by atoms with Crippen molar-refractivity contribution in [3.63, 3.8) is 0 Å². The average molecular weight is 940 g/mol. The van der Waals surface area contributed by atoms with Gasteiger partial charge in [0.1, 0.15) is 0 Å². The molecule has 0 saturated carbocycles. The molecule has 1 rings (SSSR count). The van der Waals surface area contributed by atoms with Crippen molar-refractivity contribution in [1.82, 2.24) is 6.15 Å². The first-order chi connectivity index (χ1) is 18.5. The number of epoxide rings is 1. The van der Waals surface area contributed by atoms with E-state index in [2.05, 4.69) is 4.74 Å². The Morgan fingerprint density at radius 3 is 0.725 bits per heavy atom. The summed E-state index contributed by atoms with van der Waals surface area (Å²) < 4.78 is 172. The summed E-state index contributed by atoms with van der Waals surface area (Å²) in [5.41, 5.74) is 14.2. The molecule has 1 aliphatic rings. The van der Waals surface area contributed by atoms with Crippen LogP contribution in [0.5, 0.6) is 0 Å². The Balaban J connectivity index is -0.0000000186. The molecule has 0 bridgehead atoms. The molecule has 0 aromatic heterocycles. The number of hydrogen-bond donors (Lipinski definition) is 7. The van der Waals surface area contributed by atoms with E-state index in [9.17, 15) is 60.3 Å². The number of aliphatic hydroxyl groups excluding tert-OH is 2. The third kappa shape index (κ3) is 229. The van der Waals surface area contributed by atoms with Crippen LogP contribution in [-0.4, -0.2) is 173 Å². The fourth-order valence-corrected chi connectivity index (χ4v) is 1.98. The van der Waals surface area contributed by atoms with Crippen molar-refractivity contribution in [2.24, 2.45) is 17.2 Å². The van der Waals surface area contributed by atoms with Gasteiger partial charge in [0, 0.05) is 19.6 Å². The number of hydrogen-bond acceptors (Lipinski definition) is 25. The van der Waals surface area contributed by atoms with Crippen LogP contribution in [0.2, 0.25) is 0 Å². The topological polar surface area (TPSA) is 562 Å². The van der Waals surface area contributed by atoms with Crippen LogP contribution in [0.4, 0.5) is 0 Å². The number of ether oxygens (including phenoxy) is 1. The molecular weight excluding hydrogens is 898 g/mol. The van der Waals surface area contributed by atoms with E-state index in [1.54, 1.807) is 0 Å². The van der Waals surface area contributed by atoms with Gasteiger partial charge in [-0.2, -0.15) is 8.42 Å². The summed E-state index contributed by atoms with van der Waals surface area (Å²) >= 11 is 0. The zero-order chi connectivity index (χ0) is 35.3. The van der Waals surface area contributed by atoms with Crippen molar-refractivity contribution in [2.75, 3.05) is 74.8 Å². The van der Waals surface area contributed by atoms with E-state index < -0.39 is 97.4 Å². The van der Waals surface area contributed by atoms with E-state index >= 15 is 0 Å². The van der Waals surface area contributed by atoms with Gasteiger partial charge < -0.3 is 68.9 Å². The summed E-state index contributed by atoms with van der Waals surface area (Å²) in [4.78, 5) is 0. The molecule has 1 fully saturated rings. The van der Waals surface area contributed by atoms with E-state index in [1.807, 2.05) is 0 Å². The first-order valence-electron chi connectivity index (χ1n) is 9.89. The molecule has 0 aromatic carbocycles. The molecule has 15 N–H and O–H groups in total. The van der Waals surface area contributed by atoms with Crippen LogP contribution in [0.3, 0.4) is 0 Å². The fourth-order valence-electron chi connectivity index (χ4n) is 0.661. The Morgan fingerprint density at radius 2 is 0.725 bits per heavy atom. The smallest absolute Gasteiger partial charge is 1.00 e. The molecule has 0 atom stereocenters. The van der Waals surface area contributed by atoms with Gasteiger partial charge in [-0.15, -0.1) is 12.6 Å². The molecule has 1 aliphatic heterocycles. The Hall–Kier alpha value is 4.81. The van der Waals surface area contributed by atoms with Crippen LogP contribution in [0, 0.1) is 0 Å². The third-order valence-electron chi connectivity index (χ3n) is 2.00. The van der Waals surface area contributed by atoms with Gasteiger partial charge in [-0.25, -0.2) is 33.7 Å². The molecule has 0 aliphatic carbocycles. The molecule has 0 amide bonds. The van der Waals surface area contributed by atoms with E-state index in [4.69, 9.17) is 44.6 Å². The second-order valence-electron chi connectivity index (χ2n) is 5.96. The normalized spacial score (nSPS) is 9.92. The molecular formula is C12H41N4Na6O23S6+. The van der Waals surface area contributed by atoms with E-state index in [0.717, 1.165) is 13.2 Å². The Labute approximate surface area is 435 Å². The van der Waals surface area contributed by atoms with Gasteiger partial charge >= 0.3 is 189 Å². The SMILES string of the molecule is C1CO1.N.NCCS(=O)(=O)O.NCCS(=O)(=O)[O-].NCCS(=O)(=O)[O-].O.O=S(=O)([O-])CCO.O=S(=O)([O-])CCO.O=S(=O)=O.[H+].[H-].[Na+].[Na+].[Na+].[Na+].[Na+].[Na+].[OH-]. The summed E-state index contributed by atoms with van der Waals surface area (Å²) in [6.07, 6.45) is 0. The van der Waals surface area contributed by atoms with E-state index in [1.165, 1.54) is 0 Å². The maximum absolute atomic E-state index is 9.71. The molecule has 0 radical (unpaired) electrons. The molecule has 27 nitrogen and oxygen atoms in total. The largest absolute Gasteiger partial charge is 1.00 e. The van der Waals surface area contributed by atoms with Crippen LogP contribution in [0.1, 0.15) is 2.85 Å². The summed E-state index contributed by atoms with van der Waals surface area (Å²) in [6, 6.07) is 0. The van der Waals surface area contributed by atoms with Gasteiger partial charge in [0.15, 0.2) is 0 Å². The molecule has 0 spiro atoms. The number of nitrogens with two attached hydrogens (primary N) is 3. The zero-order valence-corrected chi connectivity index (χ0v) is 45.9. The van der Waals surface area contributed by atoms with E-state index in [-0.39, 0.29) is 223 Å². The van der Waals surface area contributed by atoms with E-state index in [0.29, 0.717) is 0 Å². The molecule has 288 valence electrons. The van der Waals surface area contributed by atoms with Crippen molar-refractivity contribution >= 4 is 61.2 Å². The predicted octanol–water partition coefficient (Wildman–Crippen LogP) is -26.7. The first kappa shape index (κ1) is 101. The van der Waals surface area contributed by atoms with Crippen LogP contribution >= 0.6 is 0 Å². The monoisotopic (exact) mass is 939 g/mol. The Morgan fingerprint density at radius 1 is 0.569 bits per heavy atom. The van der Waals surface area contributed by atoms with Crippen LogP contribution < -0.4 is 201 Å². The molecule has 39 heteroatoms. The molecule has 1 heterocycles. The maximum atomic E-state index is 9.71. The average Bonchev–Trinajstić information content (AvgIpc) is 3.54. The minimum absolute atomic E-state index is 0. The molecule has 1 saturated heterocycles. The molecule has 0 aromatic rings. The van der Waals surface area contributed by atoms with Crippen molar-refractivity contribution < 1.29 is 284 Å². The number of aliphatic hydroxyl groups is 2. The summed E-state index contributed by atoms with van der Waals surface area (Å²) in [5, 5.41) is 15.6. The van der Waals surface area contributed by atoms with Gasteiger partial charge in [-0.1, -0.05) is 0 Å². The van der Waals surface area contributed by atoms with Crippen LogP contribution in [0.25, 0.3) is 0 Å². The van der Waals surface area contributed by atoms with Crippen molar-refractivity contribution in [3.8, 4) is 0 Å². The quantitative estimate of drug-likeness (QED) is 0.0607. The summed E-state index contributed by atoms with van der Waals surface area (Å²) in [5.74, 6) is -2.66. The summed E-state index contributed by atoms with van der Waals surface area (Å²) in [6.45, 7) is 0.605. The Kier molecular flexibility index (Phi) is 121. The van der Waals surface area contributed by atoms with Gasteiger partial charge in [0.05, 0.1) is 95.7 Å². The maximum Gasteiger partial charge on any atom is 1.00 e. The fraction of sp³-hybridized carbons (Fsp3) is 1.00. The standard InChI is InChI=1S/3C2H7NO3S.2C2H6O4S.C2H4O.H3N.6Na.O3S.2H2O.H/c5*3-1-2-7(4,5)6;1-2-3-1;;;;;;;;1-4(2)3;;;/h3*1-3H2,(H,4,5,6);2*3H,1-2H2,(H,4,5,6);1-2H2;1H3;;;;;;;;2*1H2;/q;;;;;;;6*+1;;;;-1/p-4. The Bertz CT molecular complexity index is 1110. The van der Waals surface area contributed by atoms with Crippen LogP contribution in [0.15, 0.2) is 0 Å². The summed E-state index contributed by atoms with van der Waals surface area (Å²) in [7, 11) is -23.4. The molecule has 51 heavy (non-hydrogen) atoms. The van der Waals surface area contributed by atoms with Crippen molar-refractivity contribution in [1.29, 1.82) is 0 Å². The minimum atomic E-state index is -4.17. The van der Waals surface area contributed by atoms with Crippen molar-refractivity contribution in [3.05, 3.63) is 0 Å². The predicted molar refractivity (Wildman–Crippen MR) is 149 cm³/mol. The van der Waals surface area contributed by atoms with Gasteiger partial charge in [-0.3, -0.25) is 4.55 Å².